The molecule has 162 valence electrons. The molecule has 4 nitrogen and oxygen atoms in total. The van der Waals surface area contributed by atoms with Crippen LogP contribution in [0.15, 0.2) is 66.7 Å². The highest BCUT2D eigenvalue weighted by atomic mass is 35.5. The van der Waals surface area contributed by atoms with E-state index in [1.165, 1.54) is 0 Å². The molecular formula is C26H29ClN2O2. The molecule has 0 fully saturated rings. The molecule has 0 radical (unpaired) electrons. The van der Waals surface area contributed by atoms with Gasteiger partial charge in [0.2, 0.25) is 11.8 Å². The van der Waals surface area contributed by atoms with Gasteiger partial charge in [-0.25, -0.2) is 0 Å². The van der Waals surface area contributed by atoms with Gasteiger partial charge in [-0.2, -0.15) is 0 Å². The summed E-state index contributed by atoms with van der Waals surface area (Å²) >= 11 is 6.13. The fraction of sp³-hybridized carbons (Fsp3) is 0.308. The van der Waals surface area contributed by atoms with Crippen LogP contribution in [0.5, 0.6) is 0 Å². The molecule has 5 heteroatoms. The molecule has 0 unspecified atom stereocenters. The normalized spacial score (nSPS) is 11.8. The lowest BCUT2D eigenvalue weighted by atomic mass is 10.0. The van der Waals surface area contributed by atoms with Gasteiger partial charge >= 0.3 is 0 Å². The minimum Gasteiger partial charge on any atom is -0.354 e. The highest BCUT2D eigenvalue weighted by Crippen LogP contribution is 2.21. The Labute approximate surface area is 189 Å². The van der Waals surface area contributed by atoms with E-state index in [-0.39, 0.29) is 11.8 Å². The van der Waals surface area contributed by atoms with Crippen molar-refractivity contribution in [3.05, 3.63) is 82.9 Å². The number of benzene rings is 3. The number of aryl methyl sites for hydroxylation is 1. The molecular weight excluding hydrogens is 408 g/mol. The van der Waals surface area contributed by atoms with Crippen molar-refractivity contribution in [2.75, 3.05) is 6.54 Å². The van der Waals surface area contributed by atoms with Crippen LogP contribution in [-0.2, 0) is 22.6 Å². The molecule has 0 aliphatic heterocycles. The van der Waals surface area contributed by atoms with Crippen LogP contribution < -0.4 is 5.32 Å². The van der Waals surface area contributed by atoms with E-state index in [4.69, 9.17) is 11.6 Å². The average Bonchev–Trinajstić information content (AvgIpc) is 2.79. The SMILES string of the molecule is CCCNC(=O)[C@@H](C)N(Cc1cccc(Cl)c1)C(=O)CCc1cccc2ccccc12. The third-order valence-corrected chi connectivity index (χ3v) is 5.68. The molecule has 0 saturated carbocycles. The van der Waals surface area contributed by atoms with Crippen LogP contribution >= 0.6 is 11.6 Å². The lowest BCUT2D eigenvalue weighted by Crippen LogP contribution is -2.47. The Balaban J connectivity index is 1.78. The van der Waals surface area contributed by atoms with Gasteiger partial charge in [0.25, 0.3) is 0 Å². The first-order chi connectivity index (χ1) is 15.0. The first-order valence-electron chi connectivity index (χ1n) is 10.8. The van der Waals surface area contributed by atoms with E-state index in [1.54, 1.807) is 17.9 Å². The van der Waals surface area contributed by atoms with E-state index in [9.17, 15) is 9.59 Å². The third-order valence-electron chi connectivity index (χ3n) is 5.45. The minimum atomic E-state index is -0.564. The van der Waals surface area contributed by atoms with E-state index in [0.717, 1.165) is 28.3 Å². The number of fused-ring (bicyclic) bond motifs is 1. The number of nitrogens with zero attached hydrogens (tertiary/aromatic N) is 1. The minimum absolute atomic E-state index is 0.0490. The largest absolute Gasteiger partial charge is 0.354 e. The molecule has 1 N–H and O–H groups in total. The Hall–Kier alpha value is -2.85. The Morgan fingerprint density at radius 2 is 1.77 bits per heavy atom. The predicted molar refractivity (Wildman–Crippen MR) is 127 cm³/mol. The Bertz CT molecular complexity index is 1050. The molecule has 31 heavy (non-hydrogen) atoms. The van der Waals surface area contributed by atoms with Gasteiger partial charge in [0.05, 0.1) is 0 Å². The van der Waals surface area contributed by atoms with Gasteiger partial charge in [-0.05, 0) is 53.8 Å². The standard InChI is InChI=1S/C26H29ClN2O2/c1-3-16-28-26(31)19(2)29(18-20-8-6-12-23(27)17-20)25(30)15-14-22-11-7-10-21-9-4-5-13-24(21)22/h4-13,17,19H,3,14-16,18H2,1-2H3,(H,28,31)/t19-/m1/s1. The lowest BCUT2D eigenvalue weighted by Gasteiger charge is -2.29. The Morgan fingerprint density at radius 3 is 2.55 bits per heavy atom. The number of halogens is 1. The number of hydrogen-bond acceptors (Lipinski definition) is 2. The summed E-state index contributed by atoms with van der Waals surface area (Å²) in [5.74, 6) is -0.186. The number of carbonyl (C=O) groups excluding carboxylic acids is 2. The molecule has 0 saturated heterocycles. The van der Waals surface area contributed by atoms with Crippen LogP contribution in [0.25, 0.3) is 10.8 Å². The fourth-order valence-electron chi connectivity index (χ4n) is 3.71. The molecule has 0 heterocycles. The number of carbonyl (C=O) groups is 2. The van der Waals surface area contributed by atoms with Crippen LogP contribution in [0.2, 0.25) is 5.02 Å². The lowest BCUT2D eigenvalue weighted by molar-refractivity contribution is -0.140. The zero-order chi connectivity index (χ0) is 22.2. The van der Waals surface area contributed by atoms with E-state index >= 15 is 0 Å². The predicted octanol–water partition coefficient (Wildman–Crippen LogP) is 5.37. The van der Waals surface area contributed by atoms with Crippen molar-refractivity contribution in [2.45, 2.75) is 45.7 Å². The molecule has 3 aromatic rings. The van der Waals surface area contributed by atoms with Crippen LogP contribution in [0.3, 0.4) is 0 Å². The first kappa shape index (κ1) is 22.8. The molecule has 0 aliphatic rings. The molecule has 2 amide bonds. The first-order valence-corrected chi connectivity index (χ1v) is 11.2. The third kappa shape index (κ3) is 6.08. The maximum atomic E-state index is 13.3. The van der Waals surface area contributed by atoms with Crippen molar-refractivity contribution in [3.8, 4) is 0 Å². The molecule has 3 rings (SSSR count). The van der Waals surface area contributed by atoms with Crippen LogP contribution in [-0.4, -0.2) is 29.3 Å². The molecule has 0 aliphatic carbocycles. The summed E-state index contributed by atoms with van der Waals surface area (Å²) < 4.78 is 0. The summed E-state index contributed by atoms with van der Waals surface area (Å²) in [4.78, 5) is 27.6. The van der Waals surface area contributed by atoms with Crippen LogP contribution in [0, 0.1) is 0 Å². The zero-order valence-corrected chi connectivity index (χ0v) is 18.9. The number of rotatable bonds is 9. The van der Waals surface area contributed by atoms with Crippen molar-refractivity contribution < 1.29 is 9.59 Å². The molecule has 3 aromatic carbocycles. The number of nitrogens with one attached hydrogen (secondary N) is 1. The summed E-state index contributed by atoms with van der Waals surface area (Å²) in [5.41, 5.74) is 2.04. The maximum Gasteiger partial charge on any atom is 0.242 e. The van der Waals surface area contributed by atoms with Gasteiger partial charge in [-0.3, -0.25) is 9.59 Å². The molecule has 0 bridgehead atoms. The van der Waals surface area contributed by atoms with Crippen molar-refractivity contribution >= 4 is 34.2 Å². The van der Waals surface area contributed by atoms with Crippen molar-refractivity contribution in [1.29, 1.82) is 0 Å². The highest BCUT2D eigenvalue weighted by molar-refractivity contribution is 6.30. The molecule has 1 atom stereocenters. The quantitative estimate of drug-likeness (QED) is 0.490. The number of hydrogen-bond donors (Lipinski definition) is 1. The van der Waals surface area contributed by atoms with E-state index in [1.807, 2.05) is 43.3 Å². The van der Waals surface area contributed by atoms with E-state index in [0.29, 0.717) is 31.0 Å². The summed E-state index contributed by atoms with van der Waals surface area (Å²) in [7, 11) is 0. The molecule has 0 aromatic heterocycles. The fourth-order valence-corrected chi connectivity index (χ4v) is 3.92. The van der Waals surface area contributed by atoms with Crippen molar-refractivity contribution in [2.24, 2.45) is 0 Å². The Morgan fingerprint density at radius 1 is 1.03 bits per heavy atom. The zero-order valence-electron chi connectivity index (χ0n) is 18.1. The number of amides is 2. The van der Waals surface area contributed by atoms with Crippen molar-refractivity contribution in [1.82, 2.24) is 10.2 Å². The molecule has 0 spiro atoms. The summed E-state index contributed by atoms with van der Waals surface area (Å²) in [6.07, 6.45) is 1.80. The van der Waals surface area contributed by atoms with Gasteiger partial charge in [-0.15, -0.1) is 0 Å². The van der Waals surface area contributed by atoms with Crippen LogP contribution in [0.4, 0.5) is 0 Å². The monoisotopic (exact) mass is 436 g/mol. The second-order valence-corrected chi connectivity index (χ2v) is 8.19. The van der Waals surface area contributed by atoms with Gasteiger partial charge < -0.3 is 10.2 Å². The van der Waals surface area contributed by atoms with Gasteiger partial charge in [-0.1, -0.05) is 73.1 Å². The topological polar surface area (TPSA) is 49.4 Å². The van der Waals surface area contributed by atoms with Crippen LogP contribution in [0.1, 0.15) is 37.8 Å². The summed E-state index contributed by atoms with van der Waals surface area (Å²) in [6, 6.07) is 21.2. The summed E-state index contributed by atoms with van der Waals surface area (Å²) in [6.45, 7) is 4.73. The van der Waals surface area contributed by atoms with Gasteiger partial charge in [0.15, 0.2) is 0 Å². The summed E-state index contributed by atoms with van der Waals surface area (Å²) in [5, 5.41) is 5.84. The van der Waals surface area contributed by atoms with E-state index in [2.05, 4.69) is 29.6 Å². The highest BCUT2D eigenvalue weighted by Gasteiger charge is 2.25. The van der Waals surface area contributed by atoms with Gasteiger partial charge in [0, 0.05) is 24.5 Å². The Kier molecular flexibility index (Phi) is 8.07. The van der Waals surface area contributed by atoms with Crippen molar-refractivity contribution in [3.63, 3.8) is 0 Å². The second-order valence-electron chi connectivity index (χ2n) is 7.76. The van der Waals surface area contributed by atoms with E-state index < -0.39 is 6.04 Å². The second kappa shape index (κ2) is 11.0. The maximum absolute atomic E-state index is 13.3. The van der Waals surface area contributed by atoms with Gasteiger partial charge in [0.1, 0.15) is 6.04 Å². The average molecular weight is 437 g/mol. The smallest absolute Gasteiger partial charge is 0.242 e.